The summed E-state index contributed by atoms with van der Waals surface area (Å²) >= 11 is 0. The van der Waals surface area contributed by atoms with Gasteiger partial charge in [0.05, 0.1) is 11.8 Å². The Hall–Kier alpha value is -4.38. The number of rotatable bonds is 4. The topological polar surface area (TPSA) is 63.5 Å². The summed E-state index contributed by atoms with van der Waals surface area (Å²) in [5, 5.41) is 19.4. The van der Waals surface area contributed by atoms with Gasteiger partial charge in [-0.2, -0.15) is 48.9 Å². The molecular weight excluding hydrogens is 715 g/mol. The van der Waals surface area contributed by atoms with E-state index in [-0.39, 0.29) is 31.3 Å². The van der Waals surface area contributed by atoms with Crippen LogP contribution in [-0.2, 0) is 25.5 Å². The number of phenols is 1. The first kappa shape index (κ1) is 31.6. The van der Waals surface area contributed by atoms with E-state index in [1.807, 2.05) is 149 Å². The molecule has 3 aromatic rings. The van der Waals surface area contributed by atoms with Gasteiger partial charge in [0.2, 0.25) is 0 Å². The van der Waals surface area contributed by atoms with Crippen molar-refractivity contribution < 1.29 is 25.2 Å². The third-order valence-corrected chi connectivity index (χ3v) is 6.79. The molecule has 3 heterocycles. The van der Waals surface area contributed by atoms with Crippen molar-refractivity contribution in [3.8, 4) is 11.8 Å². The van der Waals surface area contributed by atoms with Gasteiger partial charge in [-0.1, -0.05) is 32.4 Å². The van der Waals surface area contributed by atoms with Crippen LogP contribution < -0.4 is 19.6 Å². The SMILES string of the molecule is CC(C)(C)c1ccc(O)c(N2C=CN(c3[c-]cccc3)[CH-]2)c1.CN1C=CN(c2[c-]c(N3C=CN(C)[CH-]3)cc(C#N)c2)[CH-]1.[Ir]. The molecule has 0 atom stereocenters. The zero-order chi connectivity index (χ0) is 29.9. The van der Waals surface area contributed by atoms with Crippen molar-refractivity contribution in [2.24, 2.45) is 0 Å². The normalized spacial score (nSPS) is 15.5. The summed E-state index contributed by atoms with van der Waals surface area (Å²) in [7, 11) is 3.91. The van der Waals surface area contributed by atoms with E-state index in [1.54, 1.807) is 6.07 Å². The number of nitrogens with zero attached hydrogens (tertiary/aromatic N) is 7. The first-order chi connectivity index (χ1) is 20.1. The summed E-state index contributed by atoms with van der Waals surface area (Å²) in [5.41, 5.74) is 5.27. The number of hydrogen-bond donors (Lipinski definition) is 1. The number of para-hydroxylation sites is 1. The number of phenolic OH excluding ortho intramolecular Hbond substituents is 1. The molecule has 0 unspecified atom stereocenters. The summed E-state index contributed by atoms with van der Waals surface area (Å²) in [4.78, 5) is 11.7. The van der Waals surface area contributed by atoms with Gasteiger partial charge >= 0.3 is 0 Å². The first-order valence-electron chi connectivity index (χ1n) is 13.6. The van der Waals surface area contributed by atoms with Crippen LogP contribution in [0.3, 0.4) is 0 Å². The van der Waals surface area contributed by atoms with Crippen molar-refractivity contribution in [2.75, 3.05) is 33.7 Å². The molecule has 0 aliphatic carbocycles. The van der Waals surface area contributed by atoms with Gasteiger partial charge in [0.1, 0.15) is 5.75 Å². The molecule has 0 saturated carbocycles. The van der Waals surface area contributed by atoms with Crippen LogP contribution in [0.25, 0.3) is 0 Å². The van der Waals surface area contributed by atoms with Gasteiger partial charge in [0.25, 0.3) is 0 Å². The second-order valence-corrected chi connectivity index (χ2v) is 11.2. The van der Waals surface area contributed by atoms with Crippen LogP contribution in [0.5, 0.6) is 5.75 Å². The van der Waals surface area contributed by atoms with Crippen LogP contribution in [-0.4, -0.2) is 29.0 Å². The van der Waals surface area contributed by atoms with E-state index in [9.17, 15) is 10.4 Å². The van der Waals surface area contributed by atoms with Crippen LogP contribution in [0.15, 0.2) is 91.8 Å². The van der Waals surface area contributed by atoms with Gasteiger partial charge < -0.3 is 34.5 Å². The molecule has 43 heavy (non-hydrogen) atoms. The Morgan fingerprint density at radius 1 is 0.744 bits per heavy atom. The molecule has 1 N–H and O–H groups in total. The molecule has 0 aromatic heterocycles. The molecule has 9 heteroatoms. The molecule has 3 aliphatic heterocycles. The fourth-order valence-corrected chi connectivity index (χ4v) is 4.45. The molecule has 3 aromatic carbocycles. The maximum Gasteiger partial charge on any atom is 0.136 e. The van der Waals surface area contributed by atoms with Gasteiger partial charge in [-0.3, -0.25) is 0 Å². The van der Waals surface area contributed by atoms with E-state index in [4.69, 9.17) is 0 Å². The van der Waals surface area contributed by atoms with Crippen LogP contribution in [0.4, 0.5) is 22.7 Å². The second kappa shape index (κ2) is 13.3. The molecule has 1 radical (unpaired) electrons. The quantitative estimate of drug-likeness (QED) is 0.306. The van der Waals surface area contributed by atoms with E-state index >= 15 is 0 Å². The number of anilines is 4. The Morgan fingerprint density at radius 2 is 1.33 bits per heavy atom. The Labute approximate surface area is 269 Å². The Balaban J connectivity index is 0.000000193. The van der Waals surface area contributed by atoms with Gasteiger partial charge in [-0.25, -0.2) is 0 Å². The standard InChI is InChI=1S/C19H20N2O.C15H14N5.Ir/c1-19(2,3)15-9-10-18(22)17(13-15)21-12-11-20(14-21)16-7-5-4-6-8-16;1-17-3-5-19(11-17)14-7-13(10-16)8-15(9-14)20-6-4-18(2)12-20;/h4-7,9-14,22H,1-3H3;3-8,11-12H,1-2H3;/q-2;-3;. The van der Waals surface area contributed by atoms with Gasteiger partial charge in [-0.05, 0) is 74.4 Å². The van der Waals surface area contributed by atoms with Crippen LogP contribution in [0.1, 0.15) is 31.9 Å². The van der Waals surface area contributed by atoms with Crippen molar-refractivity contribution in [3.05, 3.63) is 135 Å². The summed E-state index contributed by atoms with van der Waals surface area (Å²) in [6.07, 6.45) is 11.7. The summed E-state index contributed by atoms with van der Waals surface area (Å²) in [6, 6.07) is 25.9. The Bertz CT molecular complexity index is 1500. The largest absolute Gasteiger partial charge is 0.510 e. The summed E-state index contributed by atoms with van der Waals surface area (Å²) in [6.45, 7) is 12.3. The maximum absolute atomic E-state index is 10.2. The third kappa shape index (κ3) is 7.53. The molecule has 225 valence electrons. The van der Waals surface area contributed by atoms with E-state index in [1.165, 1.54) is 5.56 Å². The molecule has 0 saturated heterocycles. The molecule has 0 fully saturated rings. The number of benzene rings is 3. The fraction of sp³-hybridized carbons (Fsp3) is 0.176. The van der Waals surface area contributed by atoms with Crippen molar-refractivity contribution in [3.63, 3.8) is 0 Å². The van der Waals surface area contributed by atoms with Crippen LogP contribution in [0, 0.1) is 43.5 Å². The average Bonchev–Trinajstić information content (AvgIpc) is 3.75. The fourth-order valence-electron chi connectivity index (χ4n) is 4.45. The van der Waals surface area contributed by atoms with E-state index in [0.29, 0.717) is 5.56 Å². The van der Waals surface area contributed by atoms with Gasteiger partial charge in [0.15, 0.2) is 0 Å². The average molecular weight is 749 g/mol. The monoisotopic (exact) mass is 749 g/mol. The van der Waals surface area contributed by atoms with Crippen molar-refractivity contribution in [2.45, 2.75) is 26.2 Å². The summed E-state index contributed by atoms with van der Waals surface area (Å²) < 4.78 is 0. The molecule has 8 nitrogen and oxygen atoms in total. The van der Waals surface area contributed by atoms with E-state index in [0.717, 1.165) is 22.7 Å². The smallest absolute Gasteiger partial charge is 0.136 e. The molecule has 3 aliphatic rings. The third-order valence-electron chi connectivity index (χ3n) is 6.79. The predicted molar refractivity (Wildman–Crippen MR) is 168 cm³/mol. The van der Waals surface area contributed by atoms with Crippen molar-refractivity contribution in [1.29, 1.82) is 5.26 Å². The first-order valence-corrected chi connectivity index (χ1v) is 13.6. The molecule has 0 spiro atoms. The minimum absolute atomic E-state index is 0. The predicted octanol–water partition coefficient (Wildman–Crippen LogP) is 6.45. The molecular formula is C34H34IrN7O-5. The Morgan fingerprint density at radius 3 is 1.84 bits per heavy atom. The zero-order valence-corrected chi connectivity index (χ0v) is 27.2. The Kier molecular flexibility index (Phi) is 9.75. The van der Waals surface area contributed by atoms with Gasteiger partial charge in [0, 0.05) is 20.1 Å². The van der Waals surface area contributed by atoms with Crippen LogP contribution >= 0.6 is 0 Å². The maximum atomic E-state index is 10.2. The van der Waals surface area contributed by atoms with Crippen molar-refractivity contribution >= 4 is 22.7 Å². The van der Waals surface area contributed by atoms with Gasteiger partial charge in [-0.15, -0.1) is 41.9 Å². The number of aromatic hydroxyl groups is 1. The second-order valence-electron chi connectivity index (χ2n) is 11.2. The molecule has 0 amide bonds. The minimum atomic E-state index is 0. The molecule has 0 bridgehead atoms. The molecule has 6 rings (SSSR count). The van der Waals surface area contributed by atoms with Crippen LogP contribution in [0.2, 0.25) is 0 Å². The van der Waals surface area contributed by atoms with E-state index in [2.05, 4.69) is 39.0 Å². The number of hydrogen-bond acceptors (Lipinski definition) is 8. The minimum Gasteiger partial charge on any atom is -0.510 e. The van der Waals surface area contributed by atoms with E-state index < -0.39 is 0 Å². The zero-order valence-electron chi connectivity index (χ0n) is 24.8. The summed E-state index contributed by atoms with van der Waals surface area (Å²) in [5.74, 6) is 0.271. The van der Waals surface area contributed by atoms with Crippen molar-refractivity contribution in [1.82, 2.24) is 9.80 Å². The number of nitriles is 1.